The first kappa shape index (κ1) is 15.7. The third-order valence-electron chi connectivity index (χ3n) is 5.30. The molecule has 0 saturated carbocycles. The van der Waals surface area contributed by atoms with Crippen molar-refractivity contribution in [3.05, 3.63) is 59.2 Å². The van der Waals surface area contributed by atoms with Crippen LogP contribution < -0.4 is 9.80 Å². The van der Waals surface area contributed by atoms with Gasteiger partial charge in [0.1, 0.15) is 0 Å². The summed E-state index contributed by atoms with van der Waals surface area (Å²) in [5, 5.41) is 9.37. The molecule has 2 aromatic carbocycles. The second-order valence-corrected chi connectivity index (χ2v) is 6.67. The minimum Gasteiger partial charge on any atom is -0.478 e. The molecule has 128 valence electrons. The number of carboxylic acid groups (broad SMARTS) is 1. The number of anilines is 2. The zero-order valence-electron chi connectivity index (χ0n) is 14.1. The maximum Gasteiger partial charge on any atom is 0.336 e. The smallest absolute Gasteiger partial charge is 0.336 e. The van der Waals surface area contributed by atoms with Crippen LogP contribution in [0.3, 0.4) is 0 Å². The Balaban J connectivity index is 1.70. The van der Waals surface area contributed by atoms with Crippen LogP contribution >= 0.6 is 0 Å². The number of hydrogen-bond donors (Lipinski definition) is 1. The maximum absolute atomic E-state index is 13.3. The van der Waals surface area contributed by atoms with Gasteiger partial charge in [-0.2, -0.15) is 0 Å². The lowest BCUT2D eigenvalue weighted by molar-refractivity contribution is -0.120. The van der Waals surface area contributed by atoms with Gasteiger partial charge in [-0.3, -0.25) is 4.79 Å². The highest BCUT2D eigenvalue weighted by Crippen LogP contribution is 2.39. The molecule has 25 heavy (non-hydrogen) atoms. The fraction of sp³-hybridized carbons (Fsp3) is 0.300. The van der Waals surface area contributed by atoms with Gasteiger partial charge < -0.3 is 14.9 Å². The average molecular weight is 336 g/mol. The van der Waals surface area contributed by atoms with Crippen molar-refractivity contribution in [2.24, 2.45) is 0 Å². The van der Waals surface area contributed by atoms with Gasteiger partial charge in [-0.05, 0) is 42.2 Å². The zero-order chi connectivity index (χ0) is 17.6. The molecule has 4 rings (SSSR count). The van der Waals surface area contributed by atoms with Crippen molar-refractivity contribution in [1.82, 2.24) is 0 Å². The Kier molecular flexibility index (Phi) is 3.71. The lowest BCUT2D eigenvalue weighted by atomic mass is 9.89. The van der Waals surface area contributed by atoms with Crippen LogP contribution in [0.15, 0.2) is 42.5 Å². The number of carbonyl (C=O) groups excluding carboxylic acids is 1. The third-order valence-corrected chi connectivity index (χ3v) is 5.30. The van der Waals surface area contributed by atoms with Crippen molar-refractivity contribution in [3.63, 3.8) is 0 Å². The van der Waals surface area contributed by atoms with Gasteiger partial charge in [0, 0.05) is 31.5 Å². The number of benzene rings is 2. The van der Waals surface area contributed by atoms with Crippen molar-refractivity contribution in [1.29, 1.82) is 0 Å². The number of para-hydroxylation sites is 1. The molecule has 0 spiro atoms. The van der Waals surface area contributed by atoms with E-state index in [2.05, 4.69) is 11.0 Å². The van der Waals surface area contributed by atoms with Crippen LogP contribution in [0.4, 0.5) is 11.4 Å². The van der Waals surface area contributed by atoms with Crippen LogP contribution in [0.5, 0.6) is 0 Å². The first-order valence-electron chi connectivity index (χ1n) is 8.54. The Bertz CT molecular complexity index is 862. The van der Waals surface area contributed by atoms with Gasteiger partial charge in [0.2, 0.25) is 5.91 Å². The fourth-order valence-corrected chi connectivity index (χ4v) is 4.04. The Labute approximate surface area is 146 Å². The Morgan fingerprint density at radius 2 is 1.80 bits per heavy atom. The van der Waals surface area contributed by atoms with Crippen LogP contribution in [0.2, 0.25) is 0 Å². The van der Waals surface area contributed by atoms with Gasteiger partial charge in [-0.25, -0.2) is 4.79 Å². The fourth-order valence-electron chi connectivity index (χ4n) is 4.04. The number of aromatic carboxylic acids is 1. The second kappa shape index (κ2) is 5.92. The first-order chi connectivity index (χ1) is 12.1. The topological polar surface area (TPSA) is 60.9 Å². The summed E-state index contributed by atoms with van der Waals surface area (Å²) in [5.41, 5.74) is 3.98. The SMILES string of the molecule is CN1CCC(C(=O)N2CCc3c(C(=O)O)cccc32)c2ccccc21. The summed E-state index contributed by atoms with van der Waals surface area (Å²) in [6.07, 6.45) is 1.37. The number of hydrogen-bond acceptors (Lipinski definition) is 3. The van der Waals surface area contributed by atoms with Crippen LogP contribution in [-0.4, -0.2) is 37.1 Å². The van der Waals surface area contributed by atoms with E-state index in [-0.39, 0.29) is 11.8 Å². The molecule has 0 bridgehead atoms. The van der Waals surface area contributed by atoms with E-state index in [1.54, 1.807) is 17.0 Å². The van der Waals surface area contributed by atoms with Crippen molar-refractivity contribution < 1.29 is 14.7 Å². The molecule has 0 fully saturated rings. The lowest BCUT2D eigenvalue weighted by Gasteiger charge is -2.34. The molecule has 0 aromatic heterocycles. The van der Waals surface area contributed by atoms with E-state index in [1.165, 1.54) is 0 Å². The van der Waals surface area contributed by atoms with Gasteiger partial charge in [0.15, 0.2) is 0 Å². The molecule has 5 heteroatoms. The monoisotopic (exact) mass is 336 g/mol. The average Bonchev–Trinajstić information content (AvgIpc) is 3.05. The highest BCUT2D eigenvalue weighted by molar-refractivity contribution is 6.03. The maximum atomic E-state index is 13.3. The van der Waals surface area contributed by atoms with Gasteiger partial charge in [-0.15, -0.1) is 0 Å². The molecule has 0 aliphatic carbocycles. The molecule has 0 saturated heterocycles. The molecule has 0 radical (unpaired) electrons. The van der Waals surface area contributed by atoms with Gasteiger partial charge >= 0.3 is 5.97 Å². The van der Waals surface area contributed by atoms with Crippen LogP contribution in [0.25, 0.3) is 0 Å². The van der Waals surface area contributed by atoms with E-state index in [1.807, 2.05) is 31.3 Å². The van der Waals surface area contributed by atoms with Crippen LogP contribution in [0, 0.1) is 0 Å². The van der Waals surface area contributed by atoms with E-state index in [9.17, 15) is 14.7 Å². The number of carboxylic acids is 1. The summed E-state index contributed by atoms with van der Waals surface area (Å²) in [7, 11) is 2.05. The highest BCUT2D eigenvalue weighted by atomic mass is 16.4. The van der Waals surface area contributed by atoms with E-state index in [4.69, 9.17) is 0 Å². The first-order valence-corrected chi connectivity index (χ1v) is 8.54. The largest absolute Gasteiger partial charge is 0.478 e. The number of rotatable bonds is 2. The number of carbonyl (C=O) groups is 2. The number of amides is 1. The third kappa shape index (κ3) is 2.47. The predicted molar refractivity (Wildman–Crippen MR) is 96.5 cm³/mol. The summed E-state index contributed by atoms with van der Waals surface area (Å²) in [6, 6.07) is 13.2. The van der Waals surface area contributed by atoms with E-state index >= 15 is 0 Å². The summed E-state index contributed by atoms with van der Waals surface area (Å²) in [4.78, 5) is 28.7. The quantitative estimate of drug-likeness (QED) is 0.916. The molecule has 2 heterocycles. The Morgan fingerprint density at radius 1 is 1.04 bits per heavy atom. The molecule has 5 nitrogen and oxygen atoms in total. The molecule has 2 aromatic rings. The van der Waals surface area contributed by atoms with Crippen molar-refractivity contribution in [3.8, 4) is 0 Å². The minimum absolute atomic E-state index is 0.0711. The predicted octanol–water partition coefficient (Wildman–Crippen LogP) is 2.90. The van der Waals surface area contributed by atoms with E-state index in [0.29, 0.717) is 18.5 Å². The Hall–Kier alpha value is -2.82. The normalized spacial score (nSPS) is 18.7. The molecular formula is C20H20N2O3. The summed E-state index contributed by atoms with van der Waals surface area (Å²) < 4.78 is 0. The standard InChI is InChI=1S/C20H20N2O3/c1-21-11-9-15(13-5-2-3-7-17(13)21)19(23)22-12-10-14-16(20(24)25)6-4-8-18(14)22/h2-8,15H,9-12H2,1H3,(H,24,25). The van der Waals surface area contributed by atoms with Crippen molar-refractivity contribution in [2.75, 3.05) is 29.9 Å². The van der Waals surface area contributed by atoms with Crippen molar-refractivity contribution >= 4 is 23.3 Å². The number of fused-ring (bicyclic) bond motifs is 2. The molecule has 2 aliphatic rings. The van der Waals surface area contributed by atoms with Crippen LogP contribution in [0.1, 0.15) is 33.8 Å². The number of nitrogens with zero attached hydrogens (tertiary/aromatic N) is 2. The van der Waals surface area contributed by atoms with Crippen molar-refractivity contribution in [2.45, 2.75) is 18.8 Å². The summed E-state index contributed by atoms with van der Waals surface area (Å²) >= 11 is 0. The Morgan fingerprint density at radius 3 is 2.60 bits per heavy atom. The molecule has 2 aliphatic heterocycles. The van der Waals surface area contributed by atoms with Crippen LogP contribution in [-0.2, 0) is 11.2 Å². The lowest BCUT2D eigenvalue weighted by Crippen LogP contribution is -2.38. The van der Waals surface area contributed by atoms with E-state index < -0.39 is 5.97 Å². The van der Waals surface area contributed by atoms with E-state index in [0.717, 1.165) is 35.5 Å². The van der Waals surface area contributed by atoms with Gasteiger partial charge in [-0.1, -0.05) is 24.3 Å². The molecule has 1 unspecified atom stereocenters. The molecule has 1 N–H and O–H groups in total. The minimum atomic E-state index is -0.934. The summed E-state index contributed by atoms with van der Waals surface area (Å²) in [5.74, 6) is -1.04. The molecular weight excluding hydrogens is 316 g/mol. The highest BCUT2D eigenvalue weighted by Gasteiger charge is 2.35. The van der Waals surface area contributed by atoms with Gasteiger partial charge in [0.05, 0.1) is 11.5 Å². The molecule has 1 amide bonds. The second-order valence-electron chi connectivity index (χ2n) is 6.67. The summed E-state index contributed by atoms with van der Waals surface area (Å²) in [6.45, 7) is 1.39. The van der Waals surface area contributed by atoms with Gasteiger partial charge in [0.25, 0.3) is 0 Å². The zero-order valence-corrected chi connectivity index (χ0v) is 14.1. The molecule has 1 atom stereocenters.